The Kier molecular flexibility index (Phi) is 4.59. The van der Waals surface area contributed by atoms with E-state index < -0.39 is 0 Å². The first-order valence-electron chi connectivity index (χ1n) is 9.02. The van der Waals surface area contributed by atoms with E-state index in [0.29, 0.717) is 19.8 Å². The Hall–Kier alpha value is -2.11. The lowest BCUT2D eigenvalue weighted by Crippen LogP contribution is -2.47. The Balaban J connectivity index is 1.26. The predicted octanol–water partition coefficient (Wildman–Crippen LogP) is 3.32. The van der Waals surface area contributed by atoms with Gasteiger partial charge in [-0.15, -0.1) is 0 Å². The minimum atomic E-state index is -0.375. The van der Waals surface area contributed by atoms with Crippen molar-refractivity contribution in [2.24, 2.45) is 0 Å². The fourth-order valence-electron chi connectivity index (χ4n) is 3.76. The van der Waals surface area contributed by atoms with E-state index in [-0.39, 0.29) is 17.9 Å². The summed E-state index contributed by atoms with van der Waals surface area (Å²) in [7, 11) is 0. The third kappa shape index (κ3) is 3.78. The highest BCUT2D eigenvalue weighted by Gasteiger charge is 2.40. The van der Waals surface area contributed by atoms with Crippen molar-refractivity contribution in [1.29, 1.82) is 0 Å². The minimum Gasteiger partial charge on any atom is -0.348 e. The quantitative estimate of drug-likeness (QED) is 0.901. The molecule has 4 rings (SSSR count). The number of nitrogens with one attached hydrogen (secondary N) is 2. The first kappa shape index (κ1) is 16.4. The van der Waals surface area contributed by atoms with Gasteiger partial charge in [-0.05, 0) is 35.2 Å². The van der Waals surface area contributed by atoms with Crippen LogP contribution in [0.15, 0.2) is 42.5 Å². The lowest BCUT2D eigenvalue weighted by atomic mass is 9.90. The molecule has 0 atom stereocenters. The molecule has 1 spiro atoms. The van der Waals surface area contributed by atoms with Crippen LogP contribution in [0.2, 0.25) is 0 Å². The summed E-state index contributed by atoms with van der Waals surface area (Å²) in [5.41, 5.74) is 1.10. The van der Waals surface area contributed by atoms with Crippen LogP contribution in [0.5, 0.6) is 0 Å². The third-order valence-corrected chi connectivity index (χ3v) is 5.16. The van der Waals surface area contributed by atoms with Gasteiger partial charge in [-0.2, -0.15) is 0 Å². The maximum atomic E-state index is 12.2. The lowest BCUT2D eigenvalue weighted by Gasteiger charge is -2.35. The highest BCUT2D eigenvalue weighted by atomic mass is 16.7. The summed E-state index contributed by atoms with van der Waals surface area (Å²) in [6, 6.07) is 14.6. The first-order chi connectivity index (χ1) is 12.2. The van der Waals surface area contributed by atoms with Crippen molar-refractivity contribution >= 4 is 16.8 Å². The molecule has 1 aliphatic heterocycles. The zero-order valence-corrected chi connectivity index (χ0v) is 14.3. The van der Waals surface area contributed by atoms with Crippen molar-refractivity contribution in [3.05, 3.63) is 48.0 Å². The molecule has 1 saturated carbocycles. The lowest BCUT2D eigenvalue weighted by molar-refractivity contribution is -0.179. The fourth-order valence-corrected chi connectivity index (χ4v) is 3.76. The molecule has 2 N–H and O–H groups in total. The van der Waals surface area contributed by atoms with Crippen LogP contribution in [0.3, 0.4) is 0 Å². The zero-order chi connectivity index (χ0) is 17.1. The highest BCUT2D eigenvalue weighted by molar-refractivity contribution is 5.83. The minimum absolute atomic E-state index is 0.109. The summed E-state index contributed by atoms with van der Waals surface area (Å²) in [6.45, 7) is 1.90. The molecule has 0 aromatic heterocycles. The van der Waals surface area contributed by atoms with Gasteiger partial charge in [0.15, 0.2) is 5.79 Å². The second kappa shape index (κ2) is 7.02. The van der Waals surface area contributed by atoms with Crippen molar-refractivity contribution in [2.45, 2.75) is 44.1 Å². The topological polar surface area (TPSA) is 59.6 Å². The molecule has 2 aromatic rings. The molecular weight excluding hydrogens is 316 g/mol. The Morgan fingerprint density at radius 3 is 2.52 bits per heavy atom. The molecule has 2 aliphatic rings. The molecule has 0 radical (unpaired) electrons. The number of amides is 2. The summed E-state index contributed by atoms with van der Waals surface area (Å²) in [4.78, 5) is 12.2. The maximum Gasteiger partial charge on any atom is 0.315 e. The van der Waals surface area contributed by atoms with Crippen LogP contribution in [-0.4, -0.2) is 31.1 Å². The standard InChI is InChI=1S/C20H24N2O3/c23-19(22-18-7-9-20(10-8-18)24-11-12-25-20)21-14-15-5-6-16-3-1-2-4-17(16)13-15/h1-6,13,18H,7-12,14H2,(H2,21,22,23). The molecule has 5 nitrogen and oxygen atoms in total. The van der Waals surface area contributed by atoms with E-state index in [1.165, 1.54) is 10.8 Å². The molecule has 2 fully saturated rings. The van der Waals surface area contributed by atoms with E-state index in [2.05, 4.69) is 41.0 Å². The van der Waals surface area contributed by atoms with Gasteiger partial charge in [-0.3, -0.25) is 0 Å². The Morgan fingerprint density at radius 1 is 1.04 bits per heavy atom. The molecule has 0 unspecified atom stereocenters. The smallest absolute Gasteiger partial charge is 0.315 e. The van der Waals surface area contributed by atoms with Crippen LogP contribution >= 0.6 is 0 Å². The average molecular weight is 340 g/mol. The highest BCUT2D eigenvalue weighted by Crippen LogP contribution is 2.35. The Bertz CT molecular complexity index is 745. The number of rotatable bonds is 3. The number of benzene rings is 2. The molecular formula is C20H24N2O3. The summed E-state index contributed by atoms with van der Waals surface area (Å²) in [6.07, 6.45) is 3.48. The van der Waals surface area contributed by atoms with Gasteiger partial charge in [-0.25, -0.2) is 4.79 Å². The molecule has 1 heterocycles. The SMILES string of the molecule is O=C(NCc1ccc2ccccc2c1)NC1CCC2(CC1)OCCO2. The molecule has 2 aromatic carbocycles. The van der Waals surface area contributed by atoms with E-state index >= 15 is 0 Å². The van der Waals surface area contributed by atoms with E-state index in [0.717, 1.165) is 31.2 Å². The van der Waals surface area contributed by atoms with Gasteiger partial charge in [0.05, 0.1) is 13.2 Å². The number of fused-ring (bicyclic) bond motifs is 1. The second-order valence-electron chi connectivity index (χ2n) is 6.89. The van der Waals surface area contributed by atoms with E-state index in [4.69, 9.17) is 9.47 Å². The molecule has 5 heteroatoms. The van der Waals surface area contributed by atoms with Crippen molar-refractivity contribution < 1.29 is 14.3 Å². The maximum absolute atomic E-state index is 12.2. The van der Waals surface area contributed by atoms with Crippen molar-refractivity contribution in [3.8, 4) is 0 Å². The fraction of sp³-hybridized carbons (Fsp3) is 0.450. The van der Waals surface area contributed by atoms with Gasteiger partial charge < -0.3 is 20.1 Å². The van der Waals surface area contributed by atoms with Crippen LogP contribution in [0.4, 0.5) is 4.79 Å². The predicted molar refractivity (Wildman–Crippen MR) is 96.2 cm³/mol. The number of hydrogen-bond donors (Lipinski definition) is 2. The van der Waals surface area contributed by atoms with Gasteiger partial charge >= 0.3 is 6.03 Å². The van der Waals surface area contributed by atoms with Gasteiger partial charge in [0.2, 0.25) is 0 Å². The van der Waals surface area contributed by atoms with Gasteiger partial charge in [0, 0.05) is 25.4 Å². The number of carbonyl (C=O) groups is 1. The number of carbonyl (C=O) groups excluding carboxylic acids is 1. The Morgan fingerprint density at radius 2 is 1.76 bits per heavy atom. The summed E-state index contributed by atoms with van der Waals surface area (Å²) in [5.74, 6) is -0.375. The summed E-state index contributed by atoms with van der Waals surface area (Å²) in [5, 5.41) is 8.43. The van der Waals surface area contributed by atoms with Gasteiger partial charge in [0.1, 0.15) is 0 Å². The Labute approximate surface area is 147 Å². The number of urea groups is 1. The van der Waals surface area contributed by atoms with Crippen molar-refractivity contribution in [2.75, 3.05) is 13.2 Å². The molecule has 132 valence electrons. The van der Waals surface area contributed by atoms with Crippen molar-refractivity contribution in [3.63, 3.8) is 0 Å². The zero-order valence-electron chi connectivity index (χ0n) is 14.3. The second-order valence-corrected chi connectivity index (χ2v) is 6.89. The average Bonchev–Trinajstić information content (AvgIpc) is 3.10. The normalized spacial score (nSPS) is 20.0. The van der Waals surface area contributed by atoms with Crippen LogP contribution in [-0.2, 0) is 16.0 Å². The van der Waals surface area contributed by atoms with E-state index in [1.54, 1.807) is 0 Å². The van der Waals surface area contributed by atoms with Crippen molar-refractivity contribution in [1.82, 2.24) is 10.6 Å². The van der Waals surface area contributed by atoms with Crippen LogP contribution in [0.25, 0.3) is 10.8 Å². The molecule has 0 bridgehead atoms. The molecule has 1 aliphatic carbocycles. The van der Waals surface area contributed by atoms with Gasteiger partial charge in [0.25, 0.3) is 0 Å². The largest absolute Gasteiger partial charge is 0.348 e. The van der Waals surface area contributed by atoms with Crippen LogP contribution < -0.4 is 10.6 Å². The van der Waals surface area contributed by atoms with E-state index in [9.17, 15) is 4.79 Å². The summed E-state index contributed by atoms with van der Waals surface area (Å²) >= 11 is 0. The van der Waals surface area contributed by atoms with Gasteiger partial charge in [-0.1, -0.05) is 36.4 Å². The summed E-state index contributed by atoms with van der Waals surface area (Å²) < 4.78 is 11.4. The van der Waals surface area contributed by atoms with E-state index in [1.807, 2.05) is 12.1 Å². The number of hydrogen-bond acceptors (Lipinski definition) is 3. The van der Waals surface area contributed by atoms with Crippen LogP contribution in [0, 0.1) is 0 Å². The number of ether oxygens (including phenoxy) is 2. The molecule has 1 saturated heterocycles. The first-order valence-corrected chi connectivity index (χ1v) is 9.02. The molecule has 25 heavy (non-hydrogen) atoms. The van der Waals surface area contributed by atoms with Crippen LogP contribution in [0.1, 0.15) is 31.2 Å². The monoisotopic (exact) mass is 340 g/mol. The third-order valence-electron chi connectivity index (χ3n) is 5.16. The molecule has 2 amide bonds.